The van der Waals surface area contributed by atoms with Crippen molar-refractivity contribution in [1.82, 2.24) is 0 Å². The van der Waals surface area contributed by atoms with E-state index in [1.165, 1.54) is 6.07 Å². The molecular formula is C11H12N2O2. The Morgan fingerprint density at radius 2 is 2.40 bits per heavy atom. The van der Waals surface area contributed by atoms with Crippen LogP contribution < -0.4 is 5.73 Å². The number of ether oxygens (including phenoxy) is 1. The van der Waals surface area contributed by atoms with Crippen LogP contribution in [-0.4, -0.2) is 12.1 Å². The number of esters is 1. The van der Waals surface area contributed by atoms with E-state index < -0.39 is 12.1 Å². The van der Waals surface area contributed by atoms with Gasteiger partial charge < -0.3 is 10.5 Å². The van der Waals surface area contributed by atoms with E-state index in [0.717, 1.165) is 0 Å². The SMILES string of the molecule is CCC(C#N)OC(=O)c1cccc(N)c1. The predicted molar refractivity (Wildman–Crippen MR) is 56.0 cm³/mol. The lowest BCUT2D eigenvalue weighted by Crippen LogP contribution is -2.15. The van der Waals surface area contributed by atoms with Crippen LogP contribution in [0.25, 0.3) is 0 Å². The molecule has 0 aliphatic heterocycles. The summed E-state index contributed by atoms with van der Waals surface area (Å²) >= 11 is 0. The highest BCUT2D eigenvalue weighted by molar-refractivity contribution is 5.90. The number of anilines is 1. The van der Waals surface area contributed by atoms with Gasteiger partial charge in [-0.3, -0.25) is 0 Å². The highest BCUT2D eigenvalue weighted by atomic mass is 16.5. The molecule has 4 heteroatoms. The Kier molecular flexibility index (Phi) is 3.69. The Morgan fingerprint density at radius 1 is 1.67 bits per heavy atom. The van der Waals surface area contributed by atoms with E-state index in [2.05, 4.69) is 0 Å². The number of nitrogens with two attached hydrogens (primary N) is 1. The van der Waals surface area contributed by atoms with Gasteiger partial charge in [0.1, 0.15) is 6.07 Å². The zero-order chi connectivity index (χ0) is 11.3. The molecule has 0 saturated heterocycles. The smallest absolute Gasteiger partial charge is 0.339 e. The highest BCUT2D eigenvalue weighted by Gasteiger charge is 2.13. The van der Waals surface area contributed by atoms with Crippen LogP contribution in [0.2, 0.25) is 0 Å². The van der Waals surface area contributed by atoms with Crippen LogP contribution in [0.1, 0.15) is 23.7 Å². The van der Waals surface area contributed by atoms with Gasteiger partial charge >= 0.3 is 5.97 Å². The molecule has 0 aliphatic carbocycles. The van der Waals surface area contributed by atoms with E-state index in [9.17, 15) is 4.79 Å². The average molecular weight is 204 g/mol. The number of carbonyl (C=O) groups excluding carboxylic acids is 1. The summed E-state index contributed by atoms with van der Waals surface area (Å²) in [6.45, 7) is 1.78. The first-order valence-electron chi connectivity index (χ1n) is 4.63. The number of hydrogen-bond donors (Lipinski definition) is 1. The number of rotatable bonds is 3. The number of carbonyl (C=O) groups is 1. The second kappa shape index (κ2) is 5.01. The Balaban J connectivity index is 2.74. The quantitative estimate of drug-likeness (QED) is 0.600. The van der Waals surface area contributed by atoms with Crippen LogP contribution >= 0.6 is 0 Å². The minimum absolute atomic E-state index is 0.365. The maximum absolute atomic E-state index is 11.5. The van der Waals surface area contributed by atoms with Gasteiger partial charge in [-0.25, -0.2) is 4.79 Å². The molecule has 1 aromatic carbocycles. The number of benzene rings is 1. The van der Waals surface area contributed by atoms with Gasteiger partial charge in [0.05, 0.1) is 5.56 Å². The molecule has 0 saturated carbocycles. The largest absolute Gasteiger partial charge is 0.443 e. The molecule has 0 heterocycles. The zero-order valence-electron chi connectivity index (χ0n) is 8.43. The first kappa shape index (κ1) is 11.1. The Labute approximate surface area is 88.3 Å². The number of nitrogens with zero attached hydrogens (tertiary/aromatic N) is 1. The third kappa shape index (κ3) is 2.99. The molecule has 4 nitrogen and oxygen atoms in total. The van der Waals surface area contributed by atoms with Crippen molar-refractivity contribution in [3.8, 4) is 6.07 Å². The fraction of sp³-hybridized carbons (Fsp3) is 0.273. The lowest BCUT2D eigenvalue weighted by Gasteiger charge is -2.08. The van der Waals surface area contributed by atoms with Gasteiger partial charge in [-0.15, -0.1) is 0 Å². The molecule has 0 bridgehead atoms. The summed E-state index contributed by atoms with van der Waals surface area (Å²) in [6, 6.07) is 8.36. The molecule has 2 N–H and O–H groups in total. The molecule has 0 radical (unpaired) electrons. The second-order valence-corrected chi connectivity index (χ2v) is 3.06. The molecule has 0 aromatic heterocycles. The fourth-order valence-corrected chi connectivity index (χ4v) is 1.06. The number of nitrogen functional groups attached to an aromatic ring is 1. The second-order valence-electron chi connectivity index (χ2n) is 3.06. The van der Waals surface area contributed by atoms with Gasteiger partial charge in [-0.1, -0.05) is 13.0 Å². The van der Waals surface area contributed by atoms with E-state index in [0.29, 0.717) is 17.7 Å². The van der Waals surface area contributed by atoms with Crippen molar-refractivity contribution in [3.05, 3.63) is 29.8 Å². The van der Waals surface area contributed by atoms with E-state index in [-0.39, 0.29) is 0 Å². The summed E-state index contributed by atoms with van der Waals surface area (Å²) in [7, 11) is 0. The summed E-state index contributed by atoms with van der Waals surface area (Å²) in [5, 5.41) is 8.62. The van der Waals surface area contributed by atoms with Crippen LogP contribution in [0.5, 0.6) is 0 Å². The van der Waals surface area contributed by atoms with Gasteiger partial charge in [-0.05, 0) is 24.6 Å². The van der Waals surface area contributed by atoms with Crippen molar-refractivity contribution < 1.29 is 9.53 Å². The zero-order valence-corrected chi connectivity index (χ0v) is 8.43. The van der Waals surface area contributed by atoms with Gasteiger partial charge in [0, 0.05) is 5.69 Å². The fourth-order valence-electron chi connectivity index (χ4n) is 1.06. The standard InChI is InChI=1S/C11H12N2O2/c1-2-10(7-12)15-11(14)8-4-3-5-9(13)6-8/h3-6,10H,2,13H2,1H3. The summed E-state index contributed by atoms with van der Waals surface area (Å²) in [5.41, 5.74) is 6.38. The first-order chi connectivity index (χ1) is 7.17. The van der Waals surface area contributed by atoms with Crippen molar-refractivity contribution in [1.29, 1.82) is 5.26 Å². The van der Waals surface area contributed by atoms with E-state index in [4.69, 9.17) is 15.7 Å². The molecule has 78 valence electrons. The molecule has 0 fully saturated rings. The van der Waals surface area contributed by atoms with Gasteiger partial charge in [0.15, 0.2) is 6.10 Å². The van der Waals surface area contributed by atoms with Crippen LogP contribution in [0.15, 0.2) is 24.3 Å². The lowest BCUT2D eigenvalue weighted by molar-refractivity contribution is 0.0401. The lowest BCUT2D eigenvalue weighted by atomic mass is 10.2. The monoisotopic (exact) mass is 204 g/mol. The normalized spacial score (nSPS) is 11.5. The maximum Gasteiger partial charge on any atom is 0.339 e. The molecule has 1 rings (SSSR count). The molecule has 0 spiro atoms. The minimum atomic E-state index is -0.695. The van der Waals surface area contributed by atoms with Crippen molar-refractivity contribution in [2.45, 2.75) is 19.4 Å². The average Bonchev–Trinajstić information content (AvgIpc) is 2.25. The summed E-state index contributed by atoms with van der Waals surface area (Å²) in [6.07, 6.45) is -0.219. The molecule has 1 atom stereocenters. The molecule has 1 unspecified atom stereocenters. The molecular weight excluding hydrogens is 192 g/mol. The molecule has 0 amide bonds. The highest BCUT2D eigenvalue weighted by Crippen LogP contribution is 2.09. The molecule has 15 heavy (non-hydrogen) atoms. The van der Waals surface area contributed by atoms with Crippen LogP contribution in [0.4, 0.5) is 5.69 Å². The van der Waals surface area contributed by atoms with Crippen LogP contribution in [-0.2, 0) is 4.74 Å². The first-order valence-corrected chi connectivity index (χ1v) is 4.63. The topological polar surface area (TPSA) is 76.1 Å². The van der Waals surface area contributed by atoms with Crippen molar-refractivity contribution in [3.63, 3.8) is 0 Å². The van der Waals surface area contributed by atoms with E-state index in [1.807, 2.05) is 6.07 Å². The maximum atomic E-state index is 11.5. The Hall–Kier alpha value is -2.02. The summed E-state index contributed by atoms with van der Waals surface area (Å²) < 4.78 is 4.93. The van der Waals surface area contributed by atoms with E-state index in [1.54, 1.807) is 25.1 Å². The summed E-state index contributed by atoms with van der Waals surface area (Å²) in [4.78, 5) is 11.5. The predicted octanol–water partition coefficient (Wildman–Crippen LogP) is 1.73. The van der Waals surface area contributed by atoms with Crippen molar-refractivity contribution >= 4 is 11.7 Å². The number of nitriles is 1. The third-order valence-electron chi connectivity index (χ3n) is 1.89. The van der Waals surface area contributed by atoms with Gasteiger partial charge in [0.25, 0.3) is 0 Å². The number of hydrogen-bond acceptors (Lipinski definition) is 4. The van der Waals surface area contributed by atoms with Crippen molar-refractivity contribution in [2.24, 2.45) is 0 Å². The molecule has 1 aromatic rings. The Morgan fingerprint density at radius 3 is 2.93 bits per heavy atom. The Bertz CT molecular complexity index is 396. The third-order valence-corrected chi connectivity index (χ3v) is 1.89. The minimum Gasteiger partial charge on any atom is -0.443 e. The van der Waals surface area contributed by atoms with Gasteiger partial charge in [-0.2, -0.15) is 5.26 Å². The van der Waals surface area contributed by atoms with Crippen molar-refractivity contribution in [2.75, 3.05) is 5.73 Å². The van der Waals surface area contributed by atoms with Crippen LogP contribution in [0.3, 0.4) is 0 Å². The van der Waals surface area contributed by atoms with Crippen LogP contribution in [0, 0.1) is 11.3 Å². The molecule has 0 aliphatic rings. The summed E-state index contributed by atoms with van der Waals surface area (Å²) in [5.74, 6) is -0.518. The van der Waals surface area contributed by atoms with Gasteiger partial charge in [0.2, 0.25) is 0 Å². The van der Waals surface area contributed by atoms with E-state index >= 15 is 0 Å².